The van der Waals surface area contributed by atoms with E-state index in [0.717, 1.165) is 48.2 Å². The average molecular weight is 441 g/mol. The van der Waals surface area contributed by atoms with E-state index >= 15 is 0 Å². The molecule has 9 nitrogen and oxygen atoms in total. The lowest BCUT2D eigenvalue weighted by Gasteiger charge is -2.12. The second-order valence-electron chi connectivity index (χ2n) is 8.80. The molecule has 1 saturated carbocycles. The van der Waals surface area contributed by atoms with Crippen molar-refractivity contribution in [3.8, 4) is 11.3 Å². The highest BCUT2D eigenvalue weighted by atomic mass is 16.1. The third-order valence-electron chi connectivity index (χ3n) is 6.82. The molecule has 2 unspecified atom stereocenters. The summed E-state index contributed by atoms with van der Waals surface area (Å²) in [6.07, 6.45) is 5.32. The van der Waals surface area contributed by atoms with E-state index in [0.29, 0.717) is 35.1 Å². The standard InChI is InChI=1S/C24H24N8O/c25-22-20-21(14-4-6-15(7-5-14)24(33)30-19-3-1-2-8-27-19)31-32(23(20)29-13-28-22)18-9-16-11-26-12-17(16)10-18/h1-8,13,16-18,26H,9-12H2,(H2,25,28,29)(H,27,30,33). The minimum Gasteiger partial charge on any atom is -0.383 e. The molecule has 166 valence electrons. The van der Waals surface area contributed by atoms with Crippen LogP contribution in [0.3, 0.4) is 0 Å². The summed E-state index contributed by atoms with van der Waals surface area (Å²) in [6, 6.07) is 13.0. The number of pyridine rings is 1. The summed E-state index contributed by atoms with van der Waals surface area (Å²) in [7, 11) is 0. The van der Waals surface area contributed by atoms with Crippen molar-refractivity contribution < 1.29 is 4.79 Å². The summed E-state index contributed by atoms with van der Waals surface area (Å²) in [5.41, 5.74) is 9.20. The van der Waals surface area contributed by atoms with Crippen molar-refractivity contribution in [1.82, 2.24) is 30.0 Å². The Hall–Kier alpha value is -3.85. The van der Waals surface area contributed by atoms with Gasteiger partial charge in [-0.1, -0.05) is 18.2 Å². The van der Waals surface area contributed by atoms with Gasteiger partial charge in [-0.3, -0.25) is 4.79 Å². The molecule has 1 amide bonds. The van der Waals surface area contributed by atoms with Gasteiger partial charge in [0, 0.05) is 17.3 Å². The molecule has 9 heteroatoms. The molecule has 4 N–H and O–H groups in total. The number of benzene rings is 1. The topological polar surface area (TPSA) is 124 Å². The van der Waals surface area contributed by atoms with Crippen molar-refractivity contribution in [2.75, 3.05) is 24.1 Å². The first-order chi connectivity index (χ1) is 16.2. The minimum atomic E-state index is -0.218. The summed E-state index contributed by atoms with van der Waals surface area (Å²) in [6.45, 7) is 2.15. The first-order valence-corrected chi connectivity index (χ1v) is 11.2. The molecule has 1 aliphatic carbocycles. The fourth-order valence-electron chi connectivity index (χ4n) is 5.19. The van der Waals surface area contributed by atoms with E-state index in [1.54, 1.807) is 30.5 Å². The number of nitrogens with two attached hydrogens (primary N) is 1. The first-order valence-electron chi connectivity index (χ1n) is 11.2. The van der Waals surface area contributed by atoms with Gasteiger partial charge in [-0.05, 0) is 62.0 Å². The molecule has 2 aliphatic rings. The lowest BCUT2D eigenvalue weighted by atomic mass is 10.0. The Balaban J connectivity index is 1.33. The average Bonchev–Trinajstić information content (AvgIpc) is 3.54. The maximum atomic E-state index is 12.6. The highest BCUT2D eigenvalue weighted by Crippen LogP contribution is 2.43. The number of nitrogens with one attached hydrogen (secondary N) is 2. The van der Waals surface area contributed by atoms with E-state index in [9.17, 15) is 4.79 Å². The van der Waals surface area contributed by atoms with Crippen LogP contribution in [-0.4, -0.2) is 43.7 Å². The Morgan fingerprint density at radius 3 is 2.55 bits per heavy atom. The van der Waals surface area contributed by atoms with Crippen LogP contribution in [-0.2, 0) is 0 Å². The summed E-state index contributed by atoms with van der Waals surface area (Å²) >= 11 is 0. The molecule has 0 bridgehead atoms. The number of fused-ring (bicyclic) bond motifs is 2. The van der Waals surface area contributed by atoms with Crippen LogP contribution in [0.25, 0.3) is 22.3 Å². The lowest BCUT2D eigenvalue weighted by Crippen LogP contribution is -2.15. The Morgan fingerprint density at radius 2 is 1.82 bits per heavy atom. The van der Waals surface area contributed by atoms with Crippen LogP contribution < -0.4 is 16.4 Å². The number of nitrogens with zero attached hydrogens (tertiary/aromatic N) is 5. The molecule has 1 aromatic carbocycles. The molecule has 1 aliphatic heterocycles. The second kappa shape index (κ2) is 7.93. The maximum Gasteiger partial charge on any atom is 0.256 e. The van der Waals surface area contributed by atoms with Gasteiger partial charge in [0.05, 0.1) is 11.4 Å². The summed E-state index contributed by atoms with van der Waals surface area (Å²) in [4.78, 5) is 25.5. The Morgan fingerprint density at radius 1 is 1.03 bits per heavy atom. The monoisotopic (exact) mass is 440 g/mol. The minimum absolute atomic E-state index is 0.218. The molecule has 0 spiro atoms. The van der Waals surface area contributed by atoms with Crippen molar-refractivity contribution in [2.24, 2.45) is 11.8 Å². The fraction of sp³-hybridized carbons (Fsp3) is 0.292. The summed E-state index contributed by atoms with van der Waals surface area (Å²) in [5, 5.41) is 12.0. The van der Waals surface area contributed by atoms with E-state index in [2.05, 4.69) is 25.6 Å². The Kier molecular flexibility index (Phi) is 4.76. The number of anilines is 2. The van der Waals surface area contributed by atoms with Gasteiger partial charge in [0.2, 0.25) is 0 Å². The van der Waals surface area contributed by atoms with Crippen LogP contribution in [0.5, 0.6) is 0 Å². The highest BCUT2D eigenvalue weighted by molar-refractivity contribution is 6.04. The normalized spacial score (nSPS) is 21.9. The van der Waals surface area contributed by atoms with Gasteiger partial charge in [-0.15, -0.1) is 0 Å². The smallest absolute Gasteiger partial charge is 0.256 e. The largest absolute Gasteiger partial charge is 0.383 e. The van der Waals surface area contributed by atoms with Gasteiger partial charge < -0.3 is 16.4 Å². The third-order valence-corrected chi connectivity index (χ3v) is 6.82. The van der Waals surface area contributed by atoms with E-state index < -0.39 is 0 Å². The van der Waals surface area contributed by atoms with Gasteiger partial charge in [0.15, 0.2) is 5.65 Å². The molecule has 0 radical (unpaired) electrons. The molecule has 2 atom stereocenters. The van der Waals surface area contributed by atoms with Crippen LogP contribution in [0.1, 0.15) is 29.2 Å². The number of amides is 1. The number of hydrogen-bond donors (Lipinski definition) is 3. The quantitative estimate of drug-likeness (QED) is 0.446. The first kappa shape index (κ1) is 19.8. The molecular formula is C24H24N8O. The van der Waals surface area contributed by atoms with Crippen LogP contribution in [0, 0.1) is 11.8 Å². The number of nitrogen functional groups attached to an aromatic ring is 1. The number of rotatable bonds is 4. The Labute approximate surface area is 190 Å². The zero-order chi connectivity index (χ0) is 22.4. The van der Waals surface area contributed by atoms with Crippen LogP contribution in [0.15, 0.2) is 55.0 Å². The van der Waals surface area contributed by atoms with Crippen molar-refractivity contribution in [2.45, 2.75) is 18.9 Å². The molecule has 4 heterocycles. The summed E-state index contributed by atoms with van der Waals surface area (Å²) < 4.78 is 2.04. The number of aromatic nitrogens is 5. The fourth-order valence-corrected chi connectivity index (χ4v) is 5.19. The predicted molar refractivity (Wildman–Crippen MR) is 125 cm³/mol. The van der Waals surface area contributed by atoms with Crippen molar-refractivity contribution >= 4 is 28.6 Å². The van der Waals surface area contributed by atoms with Crippen LogP contribution >= 0.6 is 0 Å². The molecular weight excluding hydrogens is 416 g/mol. The molecule has 33 heavy (non-hydrogen) atoms. The Bertz CT molecular complexity index is 1310. The molecule has 2 fully saturated rings. The number of hydrogen-bond acceptors (Lipinski definition) is 7. The number of carbonyl (C=O) groups is 1. The predicted octanol–water partition coefficient (Wildman–Crippen LogP) is 2.89. The van der Waals surface area contributed by atoms with Gasteiger partial charge in [-0.2, -0.15) is 5.10 Å². The molecule has 3 aromatic heterocycles. The second-order valence-corrected chi connectivity index (χ2v) is 8.80. The van der Waals surface area contributed by atoms with Crippen molar-refractivity contribution in [3.05, 3.63) is 60.6 Å². The van der Waals surface area contributed by atoms with E-state index in [4.69, 9.17) is 10.8 Å². The van der Waals surface area contributed by atoms with E-state index in [-0.39, 0.29) is 5.91 Å². The van der Waals surface area contributed by atoms with Crippen LogP contribution in [0.2, 0.25) is 0 Å². The zero-order valence-corrected chi connectivity index (χ0v) is 18.0. The van der Waals surface area contributed by atoms with Gasteiger partial charge >= 0.3 is 0 Å². The van der Waals surface area contributed by atoms with E-state index in [1.165, 1.54) is 6.33 Å². The van der Waals surface area contributed by atoms with Crippen LogP contribution in [0.4, 0.5) is 11.6 Å². The lowest BCUT2D eigenvalue weighted by molar-refractivity contribution is 0.102. The highest BCUT2D eigenvalue weighted by Gasteiger charge is 2.39. The van der Waals surface area contributed by atoms with Gasteiger partial charge in [-0.25, -0.2) is 19.6 Å². The molecule has 4 aromatic rings. The zero-order valence-electron chi connectivity index (χ0n) is 18.0. The summed E-state index contributed by atoms with van der Waals surface area (Å²) in [5.74, 6) is 2.09. The third kappa shape index (κ3) is 3.50. The van der Waals surface area contributed by atoms with Crippen molar-refractivity contribution in [3.63, 3.8) is 0 Å². The van der Waals surface area contributed by atoms with E-state index in [1.807, 2.05) is 22.9 Å². The molecule has 1 saturated heterocycles. The van der Waals surface area contributed by atoms with Crippen molar-refractivity contribution in [1.29, 1.82) is 0 Å². The molecule has 6 rings (SSSR count). The van der Waals surface area contributed by atoms with Gasteiger partial charge in [0.1, 0.15) is 23.7 Å². The SMILES string of the molecule is Nc1ncnc2c1c(-c1ccc(C(=O)Nc3ccccn3)cc1)nn2C1CC2CNCC2C1. The maximum absolute atomic E-state index is 12.6. The van der Waals surface area contributed by atoms with Gasteiger partial charge in [0.25, 0.3) is 5.91 Å². The number of carbonyl (C=O) groups excluding carboxylic acids is 1.